The molecule has 142 valence electrons. The molecule has 0 aliphatic carbocycles. The fourth-order valence-corrected chi connectivity index (χ4v) is 4.20. The van der Waals surface area contributed by atoms with E-state index in [2.05, 4.69) is 40.4 Å². The molecular formula is C23H28O3Si. The Morgan fingerprint density at radius 1 is 1.11 bits per heavy atom. The molecule has 0 saturated heterocycles. The Balaban J connectivity index is 2.32. The van der Waals surface area contributed by atoms with Crippen molar-refractivity contribution < 1.29 is 8.84 Å². The Morgan fingerprint density at radius 3 is 2.37 bits per heavy atom. The molecule has 2 aromatic carbocycles. The maximum atomic E-state index is 12.7. The lowest BCUT2D eigenvalue weighted by Gasteiger charge is -2.37. The normalized spacial score (nSPS) is 12.6. The zero-order valence-corrected chi connectivity index (χ0v) is 18.3. The van der Waals surface area contributed by atoms with Crippen LogP contribution >= 0.6 is 0 Å². The second kappa shape index (κ2) is 6.38. The molecule has 0 bridgehead atoms. The van der Waals surface area contributed by atoms with Gasteiger partial charge in [-0.05, 0) is 61.3 Å². The zero-order chi connectivity index (χ0) is 20.1. The molecule has 3 rings (SSSR count). The Kier molecular flexibility index (Phi) is 4.59. The second-order valence-electron chi connectivity index (χ2n) is 8.80. The van der Waals surface area contributed by atoms with Crippen molar-refractivity contribution in [2.75, 3.05) is 0 Å². The Labute approximate surface area is 161 Å². The SMILES string of the molecule is C=Cc1cc(C)cc2c(=O)oc3c(C)c(O[Si](C)(C)C(C)(C)C)ccc3c12. The summed E-state index contributed by atoms with van der Waals surface area (Å²) in [4.78, 5) is 12.7. The average molecular weight is 381 g/mol. The van der Waals surface area contributed by atoms with Crippen LogP contribution in [0.15, 0.2) is 40.1 Å². The summed E-state index contributed by atoms with van der Waals surface area (Å²) in [7, 11) is -1.99. The quantitative estimate of drug-likeness (QED) is 0.292. The molecule has 27 heavy (non-hydrogen) atoms. The summed E-state index contributed by atoms with van der Waals surface area (Å²) in [5, 5.41) is 2.49. The van der Waals surface area contributed by atoms with Crippen molar-refractivity contribution in [1.29, 1.82) is 0 Å². The Hall–Kier alpha value is -2.33. The van der Waals surface area contributed by atoms with E-state index in [1.807, 2.05) is 38.1 Å². The minimum Gasteiger partial charge on any atom is -0.543 e. The lowest BCUT2D eigenvalue weighted by molar-refractivity contribution is 0.487. The molecule has 1 aromatic heterocycles. The molecule has 0 saturated carbocycles. The van der Waals surface area contributed by atoms with Crippen molar-refractivity contribution in [3.63, 3.8) is 0 Å². The van der Waals surface area contributed by atoms with Gasteiger partial charge in [-0.1, -0.05) is 39.5 Å². The first-order valence-electron chi connectivity index (χ1n) is 9.28. The largest absolute Gasteiger partial charge is 0.543 e. The molecule has 0 fully saturated rings. The fraction of sp³-hybridized carbons (Fsp3) is 0.348. The first-order chi connectivity index (χ1) is 12.5. The van der Waals surface area contributed by atoms with Gasteiger partial charge in [-0.15, -0.1) is 0 Å². The third-order valence-corrected chi connectivity index (χ3v) is 10.1. The van der Waals surface area contributed by atoms with Gasteiger partial charge in [-0.3, -0.25) is 0 Å². The maximum Gasteiger partial charge on any atom is 0.344 e. The van der Waals surface area contributed by atoms with Crippen LogP contribution < -0.4 is 10.1 Å². The molecule has 0 radical (unpaired) electrons. The first-order valence-corrected chi connectivity index (χ1v) is 12.2. The third kappa shape index (κ3) is 3.23. The monoisotopic (exact) mass is 380 g/mol. The summed E-state index contributed by atoms with van der Waals surface area (Å²) < 4.78 is 12.2. The number of hydrogen-bond acceptors (Lipinski definition) is 3. The van der Waals surface area contributed by atoms with Gasteiger partial charge in [0.05, 0.1) is 5.39 Å². The predicted octanol–water partition coefficient (Wildman–Crippen LogP) is 6.59. The van der Waals surface area contributed by atoms with E-state index in [4.69, 9.17) is 8.84 Å². The number of rotatable bonds is 3. The van der Waals surface area contributed by atoms with Crippen LogP contribution in [-0.4, -0.2) is 8.32 Å². The Morgan fingerprint density at radius 2 is 1.78 bits per heavy atom. The van der Waals surface area contributed by atoms with Crippen LogP contribution in [0.2, 0.25) is 18.1 Å². The number of fused-ring (bicyclic) bond motifs is 3. The molecule has 0 aliphatic heterocycles. The van der Waals surface area contributed by atoms with E-state index in [1.54, 1.807) is 6.08 Å². The number of hydrogen-bond donors (Lipinski definition) is 0. The van der Waals surface area contributed by atoms with Crippen LogP contribution in [0, 0.1) is 13.8 Å². The minimum atomic E-state index is -1.99. The van der Waals surface area contributed by atoms with E-state index >= 15 is 0 Å². The first kappa shape index (κ1) is 19.4. The van der Waals surface area contributed by atoms with Gasteiger partial charge in [0.2, 0.25) is 8.32 Å². The van der Waals surface area contributed by atoms with Crippen molar-refractivity contribution in [3.05, 3.63) is 58.0 Å². The van der Waals surface area contributed by atoms with Crippen LogP contribution in [0.4, 0.5) is 0 Å². The molecule has 0 unspecified atom stereocenters. The van der Waals surface area contributed by atoms with E-state index in [0.717, 1.165) is 33.2 Å². The van der Waals surface area contributed by atoms with E-state index < -0.39 is 8.32 Å². The molecular weight excluding hydrogens is 352 g/mol. The molecule has 4 heteroatoms. The summed E-state index contributed by atoms with van der Waals surface area (Å²) in [5.41, 5.74) is 3.10. The standard InChI is InChI=1S/C23H28O3Si/c1-9-16-12-14(2)13-18-20(16)17-10-11-19(15(3)21(17)25-22(18)24)26-27(7,8)23(4,5)6/h9-13H,1H2,2-8H3. The van der Waals surface area contributed by atoms with Crippen molar-refractivity contribution in [3.8, 4) is 5.75 Å². The van der Waals surface area contributed by atoms with Crippen LogP contribution in [0.25, 0.3) is 27.8 Å². The van der Waals surface area contributed by atoms with E-state index in [1.165, 1.54) is 0 Å². The number of benzene rings is 2. The van der Waals surface area contributed by atoms with Gasteiger partial charge in [0.25, 0.3) is 0 Å². The summed E-state index contributed by atoms with van der Waals surface area (Å²) in [5.74, 6) is 0.795. The highest BCUT2D eigenvalue weighted by molar-refractivity contribution is 6.74. The van der Waals surface area contributed by atoms with Crippen LogP contribution in [0.5, 0.6) is 5.75 Å². The Bertz CT molecular complexity index is 1110. The summed E-state index contributed by atoms with van der Waals surface area (Å²) in [6.45, 7) is 18.9. The molecule has 0 aliphatic rings. The smallest absolute Gasteiger partial charge is 0.344 e. The maximum absolute atomic E-state index is 12.7. The van der Waals surface area contributed by atoms with Crippen LogP contribution in [0.1, 0.15) is 37.5 Å². The van der Waals surface area contributed by atoms with Crippen molar-refractivity contribution in [1.82, 2.24) is 0 Å². The van der Waals surface area contributed by atoms with Gasteiger partial charge in [0, 0.05) is 16.3 Å². The second-order valence-corrected chi connectivity index (χ2v) is 13.5. The van der Waals surface area contributed by atoms with Crippen molar-refractivity contribution >= 4 is 36.1 Å². The van der Waals surface area contributed by atoms with Gasteiger partial charge in [-0.2, -0.15) is 0 Å². The van der Waals surface area contributed by atoms with Gasteiger partial charge >= 0.3 is 5.63 Å². The van der Waals surface area contributed by atoms with Crippen LogP contribution in [0.3, 0.4) is 0 Å². The molecule has 1 heterocycles. The zero-order valence-electron chi connectivity index (χ0n) is 17.3. The molecule has 3 nitrogen and oxygen atoms in total. The minimum absolute atomic E-state index is 0.0894. The van der Waals surface area contributed by atoms with Crippen LogP contribution in [-0.2, 0) is 0 Å². The lowest BCUT2D eigenvalue weighted by Crippen LogP contribution is -2.44. The third-order valence-electron chi connectivity index (χ3n) is 5.74. The predicted molar refractivity (Wildman–Crippen MR) is 117 cm³/mol. The molecule has 0 spiro atoms. The van der Waals surface area contributed by atoms with Gasteiger partial charge < -0.3 is 8.84 Å². The highest BCUT2D eigenvalue weighted by Crippen LogP contribution is 2.40. The average Bonchev–Trinajstić information content (AvgIpc) is 2.56. The van der Waals surface area contributed by atoms with E-state index in [-0.39, 0.29) is 10.7 Å². The van der Waals surface area contributed by atoms with Crippen molar-refractivity contribution in [2.45, 2.75) is 52.8 Å². The number of aryl methyl sites for hydroxylation is 2. The fourth-order valence-electron chi connectivity index (χ4n) is 3.13. The van der Waals surface area contributed by atoms with Gasteiger partial charge in [0.1, 0.15) is 11.3 Å². The van der Waals surface area contributed by atoms with E-state index in [9.17, 15) is 4.79 Å². The summed E-state index contributed by atoms with van der Waals surface area (Å²) >= 11 is 0. The van der Waals surface area contributed by atoms with Gasteiger partial charge in [0.15, 0.2) is 0 Å². The molecule has 0 N–H and O–H groups in total. The van der Waals surface area contributed by atoms with Crippen molar-refractivity contribution in [2.24, 2.45) is 0 Å². The molecule has 0 atom stereocenters. The summed E-state index contributed by atoms with van der Waals surface area (Å²) in [6, 6.07) is 7.93. The topological polar surface area (TPSA) is 39.4 Å². The highest BCUT2D eigenvalue weighted by atomic mass is 28.4. The van der Waals surface area contributed by atoms with Gasteiger partial charge in [-0.25, -0.2) is 4.79 Å². The molecule has 3 aromatic rings. The highest BCUT2D eigenvalue weighted by Gasteiger charge is 2.39. The summed E-state index contributed by atoms with van der Waals surface area (Å²) in [6.07, 6.45) is 1.80. The lowest BCUT2D eigenvalue weighted by atomic mass is 9.98. The van der Waals surface area contributed by atoms with E-state index in [0.29, 0.717) is 11.0 Å². The molecule has 0 amide bonds.